The molecule has 1 aromatic heterocycles. The van der Waals surface area contributed by atoms with Crippen LogP contribution in [-0.2, 0) is 11.3 Å². The number of primary amides is 1. The number of piperidine rings is 1. The lowest BCUT2D eigenvalue weighted by molar-refractivity contribution is -0.123. The predicted molar refractivity (Wildman–Crippen MR) is 97.3 cm³/mol. The van der Waals surface area contributed by atoms with Crippen molar-refractivity contribution in [3.8, 4) is 0 Å². The van der Waals surface area contributed by atoms with Crippen LogP contribution in [0.5, 0.6) is 0 Å². The molecule has 5 heteroatoms. The van der Waals surface area contributed by atoms with E-state index in [0.29, 0.717) is 13.1 Å². The Morgan fingerprint density at radius 1 is 1.20 bits per heavy atom. The summed E-state index contributed by atoms with van der Waals surface area (Å²) < 4.78 is 2.16. The predicted octanol–water partition coefficient (Wildman–Crippen LogP) is 2.49. The third-order valence-electron chi connectivity index (χ3n) is 5.10. The number of benzene rings is 1. The summed E-state index contributed by atoms with van der Waals surface area (Å²) in [5.41, 5.74) is 9.38. The molecule has 1 atom stereocenters. The molecule has 2 N–H and O–H groups in total. The van der Waals surface area contributed by atoms with Crippen molar-refractivity contribution < 1.29 is 9.59 Å². The van der Waals surface area contributed by atoms with Crippen molar-refractivity contribution in [3.05, 3.63) is 58.9 Å². The first-order valence-corrected chi connectivity index (χ1v) is 8.76. The highest BCUT2D eigenvalue weighted by Gasteiger charge is 2.29. The number of nitrogens with two attached hydrogens (primary N) is 1. The van der Waals surface area contributed by atoms with Gasteiger partial charge in [-0.3, -0.25) is 9.59 Å². The normalized spacial score (nSPS) is 17.5. The Balaban J connectivity index is 1.82. The summed E-state index contributed by atoms with van der Waals surface area (Å²) in [7, 11) is 0. The highest BCUT2D eigenvalue weighted by atomic mass is 16.2. The second-order valence-electron chi connectivity index (χ2n) is 6.85. The molecule has 1 fully saturated rings. The van der Waals surface area contributed by atoms with Crippen LogP contribution in [0.3, 0.4) is 0 Å². The molecule has 132 valence electrons. The van der Waals surface area contributed by atoms with Crippen LogP contribution in [0.2, 0.25) is 0 Å². The fourth-order valence-electron chi connectivity index (χ4n) is 3.59. The maximum atomic E-state index is 13.0. The van der Waals surface area contributed by atoms with Gasteiger partial charge in [0.25, 0.3) is 5.91 Å². The fourth-order valence-corrected chi connectivity index (χ4v) is 3.59. The topological polar surface area (TPSA) is 68.3 Å². The Labute approximate surface area is 148 Å². The number of aromatic nitrogens is 1. The quantitative estimate of drug-likeness (QED) is 0.930. The number of amides is 2. The lowest BCUT2D eigenvalue weighted by Crippen LogP contribution is -2.44. The van der Waals surface area contributed by atoms with Gasteiger partial charge in [0.05, 0.1) is 11.5 Å². The van der Waals surface area contributed by atoms with Crippen LogP contribution in [-0.4, -0.2) is 34.4 Å². The zero-order valence-corrected chi connectivity index (χ0v) is 14.9. The van der Waals surface area contributed by atoms with Gasteiger partial charge in [-0.25, -0.2) is 0 Å². The Bertz CT molecular complexity index is 780. The van der Waals surface area contributed by atoms with Crippen molar-refractivity contribution in [2.24, 2.45) is 11.7 Å². The van der Waals surface area contributed by atoms with Crippen LogP contribution in [0.25, 0.3) is 0 Å². The molecule has 0 bridgehead atoms. The standard InChI is InChI=1S/C20H25N3O2/c1-14-11-18(15(2)23(14)12-16-7-4-3-5-8-16)20(25)22-10-6-9-17(13-22)19(21)24/h3-5,7-8,11,17H,6,9-10,12-13H2,1-2H3,(H2,21,24)/t17-/m0/s1. The van der Waals surface area contributed by atoms with E-state index in [1.807, 2.05) is 38.1 Å². The Kier molecular flexibility index (Phi) is 4.93. The van der Waals surface area contributed by atoms with Crippen molar-refractivity contribution in [3.63, 3.8) is 0 Å². The second kappa shape index (κ2) is 7.13. The largest absolute Gasteiger partial charge is 0.369 e. The van der Waals surface area contributed by atoms with E-state index in [0.717, 1.165) is 36.3 Å². The summed E-state index contributed by atoms with van der Waals surface area (Å²) in [4.78, 5) is 26.2. The number of nitrogens with zero attached hydrogens (tertiary/aromatic N) is 2. The first-order chi connectivity index (χ1) is 12.0. The van der Waals surface area contributed by atoms with Crippen molar-refractivity contribution >= 4 is 11.8 Å². The highest BCUT2D eigenvalue weighted by molar-refractivity contribution is 5.96. The molecule has 2 heterocycles. The van der Waals surface area contributed by atoms with Gasteiger partial charge >= 0.3 is 0 Å². The van der Waals surface area contributed by atoms with Crippen LogP contribution < -0.4 is 5.73 Å². The number of hydrogen-bond acceptors (Lipinski definition) is 2. The molecule has 1 aliphatic rings. The van der Waals surface area contributed by atoms with Gasteiger partial charge in [0.1, 0.15) is 0 Å². The zero-order valence-electron chi connectivity index (χ0n) is 14.9. The van der Waals surface area contributed by atoms with Crippen LogP contribution in [0.15, 0.2) is 36.4 Å². The van der Waals surface area contributed by atoms with Crippen molar-refractivity contribution in [1.29, 1.82) is 0 Å². The molecule has 0 spiro atoms. The summed E-state index contributed by atoms with van der Waals surface area (Å²) in [6.45, 7) is 5.87. The Morgan fingerprint density at radius 2 is 1.92 bits per heavy atom. The van der Waals surface area contributed by atoms with E-state index in [1.54, 1.807) is 4.90 Å². The third-order valence-corrected chi connectivity index (χ3v) is 5.10. The number of rotatable bonds is 4. The maximum Gasteiger partial charge on any atom is 0.255 e. The third kappa shape index (κ3) is 3.60. The molecule has 1 saturated heterocycles. The molecule has 0 unspecified atom stereocenters. The van der Waals surface area contributed by atoms with E-state index in [1.165, 1.54) is 5.56 Å². The summed E-state index contributed by atoms with van der Waals surface area (Å²) in [6.07, 6.45) is 1.59. The van der Waals surface area contributed by atoms with E-state index in [2.05, 4.69) is 16.7 Å². The zero-order chi connectivity index (χ0) is 18.0. The monoisotopic (exact) mass is 339 g/mol. The van der Waals surface area contributed by atoms with Gasteiger partial charge in [0.2, 0.25) is 5.91 Å². The molecule has 2 aromatic rings. The Hall–Kier alpha value is -2.56. The molecule has 5 nitrogen and oxygen atoms in total. The molecule has 0 radical (unpaired) electrons. The molecule has 25 heavy (non-hydrogen) atoms. The number of carbonyl (C=O) groups excluding carboxylic acids is 2. The molecule has 1 aromatic carbocycles. The molecular formula is C20H25N3O2. The molecular weight excluding hydrogens is 314 g/mol. The minimum absolute atomic E-state index is 0.00152. The molecule has 3 rings (SSSR count). The average molecular weight is 339 g/mol. The van der Waals surface area contributed by atoms with Crippen molar-refractivity contribution in [2.75, 3.05) is 13.1 Å². The first-order valence-electron chi connectivity index (χ1n) is 8.76. The molecule has 0 saturated carbocycles. The van der Waals surface area contributed by atoms with Gasteiger partial charge in [-0.1, -0.05) is 30.3 Å². The summed E-state index contributed by atoms with van der Waals surface area (Å²) in [6, 6.07) is 12.2. The van der Waals surface area contributed by atoms with Crippen molar-refractivity contribution in [2.45, 2.75) is 33.2 Å². The average Bonchev–Trinajstić information content (AvgIpc) is 2.90. The Morgan fingerprint density at radius 3 is 2.60 bits per heavy atom. The summed E-state index contributed by atoms with van der Waals surface area (Å²) in [5, 5.41) is 0. The SMILES string of the molecule is Cc1cc(C(=O)N2CCC[C@H](C(N)=O)C2)c(C)n1Cc1ccccc1. The summed E-state index contributed by atoms with van der Waals surface area (Å²) >= 11 is 0. The number of aryl methyl sites for hydroxylation is 1. The van der Waals surface area contributed by atoms with Gasteiger partial charge in [0, 0.05) is 31.0 Å². The number of hydrogen-bond donors (Lipinski definition) is 1. The van der Waals surface area contributed by atoms with Gasteiger partial charge in [0.15, 0.2) is 0 Å². The maximum absolute atomic E-state index is 13.0. The van der Waals surface area contributed by atoms with E-state index >= 15 is 0 Å². The molecule has 2 amide bonds. The van der Waals surface area contributed by atoms with E-state index in [-0.39, 0.29) is 17.7 Å². The van der Waals surface area contributed by atoms with E-state index in [9.17, 15) is 9.59 Å². The van der Waals surface area contributed by atoms with Gasteiger partial charge < -0.3 is 15.2 Å². The lowest BCUT2D eigenvalue weighted by atomic mass is 9.97. The first kappa shape index (κ1) is 17.3. The van der Waals surface area contributed by atoms with Crippen LogP contribution in [0.4, 0.5) is 0 Å². The van der Waals surface area contributed by atoms with E-state index < -0.39 is 0 Å². The van der Waals surface area contributed by atoms with Crippen LogP contribution in [0, 0.1) is 19.8 Å². The highest BCUT2D eigenvalue weighted by Crippen LogP contribution is 2.22. The van der Waals surface area contributed by atoms with Gasteiger partial charge in [-0.2, -0.15) is 0 Å². The van der Waals surface area contributed by atoms with Gasteiger partial charge in [-0.05, 0) is 38.3 Å². The lowest BCUT2D eigenvalue weighted by Gasteiger charge is -2.31. The fraction of sp³-hybridized carbons (Fsp3) is 0.400. The second-order valence-corrected chi connectivity index (χ2v) is 6.85. The smallest absolute Gasteiger partial charge is 0.255 e. The van der Waals surface area contributed by atoms with Crippen LogP contribution >= 0.6 is 0 Å². The van der Waals surface area contributed by atoms with Crippen molar-refractivity contribution in [1.82, 2.24) is 9.47 Å². The van der Waals surface area contributed by atoms with E-state index in [4.69, 9.17) is 5.73 Å². The van der Waals surface area contributed by atoms with Gasteiger partial charge in [-0.15, -0.1) is 0 Å². The molecule has 0 aliphatic carbocycles. The van der Waals surface area contributed by atoms with Crippen LogP contribution in [0.1, 0.15) is 40.2 Å². The minimum atomic E-state index is -0.313. The minimum Gasteiger partial charge on any atom is -0.369 e. The number of likely N-dealkylation sites (tertiary alicyclic amines) is 1. The summed E-state index contributed by atoms with van der Waals surface area (Å²) in [5.74, 6) is -0.545. The number of carbonyl (C=O) groups is 2. The molecule has 1 aliphatic heterocycles.